The van der Waals surface area contributed by atoms with Gasteiger partial charge in [0.2, 0.25) is 0 Å². The van der Waals surface area contributed by atoms with Crippen molar-refractivity contribution >= 4 is 5.97 Å². The zero-order chi connectivity index (χ0) is 13.4. The molecule has 0 aromatic heterocycles. The van der Waals surface area contributed by atoms with Gasteiger partial charge in [-0.2, -0.15) is 0 Å². The molecule has 0 spiro atoms. The standard InChI is InChI=1S/C14H28N2O2/c1-3-4-7-13(14(17)18)15-10-12(2)11-16-8-5-6-9-16/h12-13,15H,3-11H2,1-2H3,(H,17,18). The predicted molar refractivity (Wildman–Crippen MR) is 73.8 cm³/mol. The monoisotopic (exact) mass is 256 g/mol. The van der Waals surface area contributed by atoms with Gasteiger partial charge >= 0.3 is 5.97 Å². The minimum Gasteiger partial charge on any atom is -0.480 e. The number of hydrogen-bond acceptors (Lipinski definition) is 3. The van der Waals surface area contributed by atoms with Crippen LogP contribution in [0.1, 0.15) is 46.0 Å². The Morgan fingerprint density at radius 1 is 1.39 bits per heavy atom. The molecule has 4 heteroatoms. The number of carboxylic acids is 1. The summed E-state index contributed by atoms with van der Waals surface area (Å²) in [5.41, 5.74) is 0. The molecule has 1 rings (SSSR count). The van der Waals surface area contributed by atoms with Gasteiger partial charge in [-0.25, -0.2) is 0 Å². The molecule has 18 heavy (non-hydrogen) atoms. The molecule has 2 N–H and O–H groups in total. The van der Waals surface area contributed by atoms with E-state index in [1.54, 1.807) is 0 Å². The first kappa shape index (κ1) is 15.4. The number of rotatable bonds is 9. The Morgan fingerprint density at radius 3 is 2.61 bits per heavy atom. The summed E-state index contributed by atoms with van der Waals surface area (Å²) >= 11 is 0. The van der Waals surface area contributed by atoms with Gasteiger partial charge in [0.15, 0.2) is 0 Å². The highest BCUT2D eigenvalue weighted by atomic mass is 16.4. The van der Waals surface area contributed by atoms with Crippen LogP contribution in [-0.4, -0.2) is 48.2 Å². The highest BCUT2D eigenvalue weighted by Crippen LogP contribution is 2.10. The van der Waals surface area contributed by atoms with Crippen molar-refractivity contribution in [2.45, 2.75) is 52.0 Å². The SMILES string of the molecule is CCCCC(NCC(C)CN1CCCC1)C(=O)O. The van der Waals surface area contributed by atoms with E-state index in [1.807, 2.05) is 0 Å². The normalized spacial score (nSPS) is 19.9. The van der Waals surface area contributed by atoms with Gasteiger partial charge in [0.25, 0.3) is 0 Å². The van der Waals surface area contributed by atoms with E-state index in [0.717, 1.165) is 32.4 Å². The zero-order valence-corrected chi connectivity index (χ0v) is 11.8. The lowest BCUT2D eigenvalue weighted by atomic mass is 10.1. The molecule has 1 aliphatic rings. The average molecular weight is 256 g/mol. The lowest BCUT2D eigenvalue weighted by Crippen LogP contribution is -2.41. The summed E-state index contributed by atoms with van der Waals surface area (Å²) in [5, 5.41) is 12.3. The van der Waals surface area contributed by atoms with Crippen molar-refractivity contribution in [3.8, 4) is 0 Å². The summed E-state index contributed by atoms with van der Waals surface area (Å²) in [4.78, 5) is 13.6. The van der Waals surface area contributed by atoms with Gasteiger partial charge in [-0.15, -0.1) is 0 Å². The van der Waals surface area contributed by atoms with Gasteiger partial charge in [0.05, 0.1) is 0 Å². The summed E-state index contributed by atoms with van der Waals surface area (Å²) in [7, 11) is 0. The largest absolute Gasteiger partial charge is 0.480 e. The van der Waals surface area contributed by atoms with Gasteiger partial charge in [0, 0.05) is 6.54 Å². The Labute approximate surface area is 111 Å². The highest BCUT2D eigenvalue weighted by molar-refractivity contribution is 5.73. The third-order valence-corrected chi connectivity index (χ3v) is 3.63. The van der Waals surface area contributed by atoms with Crippen molar-refractivity contribution in [3.63, 3.8) is 0 Å². The van der Waals surface area contributed by atoms with Crippen LogP contribution in [0.5, 0.6) is 0 Å². The molecule has 1 saturated heterocycles. The zero-order valence-electron chi connectivity index (χ0n) is 11.8. The number of carbonyl (C=O) groups is 1. The van der Waals surface area contributed by atoms with E-state index in [0.29, 0.717) is 5.92 Å². The van der Waals surface area contributed by atoms with Crippen LogP contribution >= 0.6 is 0 Å². The van der Waals surface area contributed by atoms with Crippen LogP contribution in [0.3, 0.4) is 0 Å². The van der Waals surface area contributed by atoms with Gasteiger partial charge < -0.3 is 15.3 Å². The Kier molecular flexibility index (Phi) is 7.28. The van der Waals surface area contributed by atoms with Crippen molar-refractivity contribution in [3.05, 3.63) is 0 Å². The molecular formula is C14H28N2O2. The number of nitrogens with one attached hydrogen (secondary N) is 1. The molecule has 1 heterocycles. The molecule has 106 valence electrons. The van der Waals surface area contributed by atoms with Crippen LogP contribution in [-0.2, 0) is 4.79 Å². The predicted octanol–water partition coefficient (Wildman–Crippen LogP) is 1.95. The van der Waals surface area contributed by atoms with Crippen LogP contribution in [0.15, 0.2) is 0 Å². The number of unbranched alkanes of at least 4 members (excludes halogenated alkanes) is 1. The maximum absolute atomic E-state index is 11.1. The van der Waals surface area contributed by atoms with E-state index < -0.39 is 5.97 Å². The van der Waals surface area contributed by atoms with E-state index in [2.05, 4.69) is 24.1 Å². The smallest absolute Gasteiger partial charge is 0.320 e. The topological polar surface area (TPSA) is 52.6 Å². The van der Waals surface area contributed by atoms with Crippen molar-refractivity contribution in [2.75, 3.05) is 26.2 Å². The molecule has 0 aliphatic carbocycles. The van der Waals surface area contributed by atoms with Gasteiger partial charge in [0.1, 0.15) is 6.04 Å². The van der Waals surface area contributed by atoms with Crippen LogP contribution in [0.25, 0.3) is 0 Å². The van der Waals surface area contributed by atoms with E-state index in [9.17, 15) is 4.79 Å². The molecule has 1 fully saturated rings. The molecule has 4 nitrogen and oxygen atoms in total. The fourth-order valence-electron chi connectivity index (χ4n) is 2.54. The number of aliphatic carboxylic acids is 1. The minimum atomic E-state index is -0.711. The fraction of sp³-hybridized carbons (Fsp3) is 0.929. The summed E-state index contributed by atoms with van der Waals surface area (Å²) in [6, 6.07) is -0.369. The first-order valence-electron chi connectivity index (χ1n) is 7.32. The average Bonchev–Trinajstić information content (AvgIpc) is 2.81. The summed E-state index contributed by atoms with van der Waals surface area (Å²) in [6.45, 7) is 8.61. The molecule has 0 aromatic carbocycles. The Morgan fingerprint density at radius 2 is 2.06 bits per heavy atom. The summed E-state index contributed by atoms with van der Waals surface area (Å²) in [6.07, 6.45) is 5.39. The second-order valence-electron chi connectivity index (χ2n) is 5.55. The maximum Gasteiger partial charge on any atom is 0.320 e. The van der Waals surface area contributed by atoms with Gasteiger partial charge in [-0.05, 0) is 44.8 Å². The molecule has 0 amide bonds. The second-order valence-corrected chi connectivity index (χ2v) is 5.55. The lowest BCUT2D eigenvalue weighted by Gasteiger charge is -2.22. The number of hydrogen-bond donors (Lipinski definition) is 2. The molecule has 0 saturated carbocycles. The van der Waals surface area contributed by atoms with Crippen molar-refractivity contribution in [1.29, 1.82) is 0 Å². The highest BCUT2D eigenvalue weighted by Gasteiger charge is 2.19. The number of nitrogens with zero attached hydrogens (tertiary/aromatic N) is 1. The summed E-state index contributed by atoms with van der Waals surface area (Å²) < 4.78 is 0. The van der Waals surface area contributed by atoms with E-state index in [-0.39, 0.29) is 6.04 Å². The third kappa shape index (κ3) is 5.83. The lowest BCUT2D eigenvalue weighted by molar-refractivity contribution is -0.139. The minimum absolute atomic E-state index is 0.369. The van der Waals surface area contributed by atoms with Crippen molar-refractivity contribution < 1.29 is 9.90 Å². The Bertz CT molecular complexity index is 240. The second kappa shape index (κ2) is 8.48. The van der Waals surface area contributed by atoms with Gasteiger partial charge in [-0.1, -0.05) is 26.7 Å². The Hall–Kier alpha value is -0.610. The van der Waals surface area contributed by atoms with Crippen LogP contribution in [0.4, 0.5) is 0 Å². The van der Waals surface area contributed by atoms with Crippen LogP contribution in [0, 0.1) is 5.92 Å². The van der Waals surface area contributed by atoms with E-state index in [1.165, 1.54) is 25.9 Å². The first-order valence-corrected chi connectivity index (χ1v) is 7.32. The van der Waals surface area contributed by atoms with E-state index in [4.69, 9.17) is 5.11 Å². The van der Waals surface area contributed by atoms with Gasteiger partial charge in [-0.3, -0.25) is 4.79 Å². The fourth-order valence-corrected chi connectivity index (χ4v) is 2.54. The first-order chi connectivity index (χ1) is 8.63. The molecule has 0 aromatic rings. The number of likely N-dealkylation sites (tertiary alicyclic amines) is 1. The molecule has 2 unspecified atom stereocenters. The molecular weight excluding hydrogens is 228 g/mol. The van der Waals surface area contributed by atoms with Crippen molar-refractivity contribution in [1.82, 2.24) is 10.2 Å². The molecule has 0 radical (unpaired) electrons. The van der Waals surface area contributed by atoms with Crippen LogP contribution < -0.4 is 5.32 Å². The molecule has 0 bridgehead atoms. The third-order valence-electron chi connectivity index (χ3n) is 3.63. The molecule has 1 aliphatic heterocycles. The number of carboxylic acid groups (broad SMARTS) is 1. The quantitative estimate of drug-likeness (QED) is 0.662. The van der Waals surface area contributed by atoms with E-state index >= 15 is 0 Å². The Balaban J connectivity index is 2.20. The van der Waals surface area contributed by atoms with Crippen LogP contribution in [0.2, 0.25) is 0 Å². The maximum atomic E-state index is 11.1. The van der Waals surface area contributed by atoms with Crippen molar-refractivity contribution in [2.24, 2.45) is 5.92 Å². The molecule has 2 atom stereocenters. The summed E-state index contributed by atoms with van der Waals surface area (Å²) in [5.74, 6) is -0.191.